The van der Waals surface area contributed by atoms with Crippen LogP contribution in [0.2, 0.25) is 0 Å². The lowest BCUT2D eigenvalue weighted by Crippen LogP contribution is -2.35. The van der Waals surface area contributed by atoms with Crippen molar-refractivity contribution in [3.05, 3.63) is 87.6 Å². The van der Waals surface area contributed by atoms with E-state index in [0.717, 1.165) is 61.2 Å². The van der Waals surface area contributed by atoms with Crippen LogP contribution in [0.15, 0.2) is 58.4 Å². The molecule has 0 spiro atoms. The van der Waals surface area contributed by atoms with Crippen molar-refractivity contribution in [1.82, 2.24) is 0 Å². The molecule has 5 heterocycles. The molecule has 270 valence electrons. The van der Waals surface area contributed by atoms with Crippen molar-refractivity contribution in [2.75, 3.05) is 7.11 Å². The normalized spacial score (nSPS) is 18.7. The minimum Gasteiger partial charge on any atom is -0.475 e. The van der Waals surface area contributed by atoms with E-state index in [1.807, 2.05) is 34.0 Å². The number of rotatable bonds is 11. The fraction of sp³-hybridized carbons (Fsp3) is 0.512. The molecule has 0 saturated carbocycles. The minimum atomic E-state index is -1.64. The Kier molecular flexibility index (Phi) is 11.4. The van der Waals surface area contributed by atoms with Gasteiger partial charge >= 0.3 is 11.9 Å². The number of ether oxygens (including phenoxy) is 1. The Morgan fingerprint density at radius 2 is 0.840 bits per heavy atom. The number of carbonyl (C=O) groups excluding carboxylic acids is 2. The molecule has 0 aliphatic carbocycles. The minimum absolute atomic E-state index is 0.152. The topological polar surface area (TPSA) is 80.7 Å². The van der Waals surface area contributed by atoms with Gasteiger partial charge in [-0.1, -0.05) is 67.5 Å². The van der Waals surface area contributed by atoms with Crippen molar-refractivity contribution in [3.63, 3.8) is 0 Å². The smallest absolute Gasteiger partial charge is 0.378 e. The van der Waals surface area contributed by atoms with Crippen LogP contribution in [0.3, 0.4) is 0 Å². The van der Waals surface area contributed by atoms with Gasteiger partial charge in [-0.05, 0) is 97.6 Å². The van der Waals surface area contributed by atoms with Crippen LogP contribution in [0.25, 0.3) is 0 Å². The van der Waals surface area contributed by atoms with Gasteiger partial charge in [0.15, 0.2) is 0 Å². The zero-order valence-corrected chi connectivity index (χ0v) is 34.3. The van der Waals surface area contributed by atoms with E-state index in [0.29, 0.717) is 0 Å². The highest BCUT2D eigenvalue weighted by Gasteiger charge is 2.49. The van der Waals surface area contributed by atoms with Gasteiger partial charge in [-0.15, -0.1) is 44.5 Å². The molecule has 0 unspecified atom stereocenters. The number of hydrogen-bond donors (Lipinski definition) is 1. The Morgan fingerprint density at radius 1 is 0.560 bits per heavy atom. The molecule has 9 heteroatoms. The molecule has 8 bridgehead atoms. The summed E-state index contributed by atoms with van der Waals surface area (Å²) in [5.41, 5.74) is -1.36. The van der Waals surface area contributed by atoms with E-state index >= 15 is 0 Å². The number of fused-ring (bicyclic) bond motifs is 8. The lowest BCUT2D eigenvalue weighted by Gasteiger charge is -2.40. The highest BCUT2D eigenvalue weighted by atomic mass is 32.2. The average molecular weight is 753 g/mol. The Morgan fingerprint density at radius 3 is 1.08 bits per heavy atom. The first-order valence-electron chi connectivity index (χ1n) is 18.2. The molecule has 3 aromatic rings. The van der Waals surface area contributed by atoms with Gasteiger partial charge in [0.25, 0.3) is 5.78 Å². The first-order valence-corrected chi connectivity index (χ1v) is 21.8. The molecule has 0 fully saturated rings. The average Bonchev–Trinajstić information content (AvgIpc) is 3.98. The number of allylic oxidation sites excluding steroid dienone is 4. The summed E-state index contributed by atoms with van der Waals surface area (Å²) < 4.78 is 5.26. The fourth-order valence-electron chi connectivity index (χ4n) is 8.62. The van der Waals surface area contributed by atoms with Crippen molar-refractivity contribution in [3.8, 4) is 0 Å². The molecule has 0 aromatic carbocycles. The van der Waals surface area contributed by atoms with Crippen molar-refractivity contribution in [2.24, 2.45) is 0 Å². The van der Waals surface area contributed by atoms with Crippen LogP contribution < -0.4 is 0 Å². The predicted octanol–water partition coefficient (Wildman–Crippen LogP) is 11.3. The standard InChI is InChI=1S/C41H52O5S4/c1-10-38(11-2)26-18-19-27(47-26)39(12-3,13-4)29-21-23-31(49-29)41(16-7,17-8)33-25-24-32(40(14-5,15-6)30-22-20-28(38)48-30)50(33)35(37(45)46-9)34(42)36(43)44/h18-25H,10-17H2,1-9H3,(H,43,44). The number of esters is 1. The second-order valence-electron chi connectivity index (χ2n) is 13.5. The quantitative estimate of drug-likeness (QED) is 0.0913. The van der Waals surface area contributed by atoms with Crippen LogP contribution in [-0.2, 0) is 40.8 Å². The first kappa shape index (κ1) is 38.6. The molecule has 0 amide bonds. The van der Waals surface area contributed by atoms with Crippen molar-refractivity contribution < 1.29 is 24.2 Å². The number of methoxy groups -OCH3 is 1. The summed E-state index contributed by atoms with van der Waals surface area (Å²) in [7, 11) is -0.0256. The van der Waals surface area contributed by atoms with Crippen LogP contribution in [0, 0.1) is 0 Å². The van der Waals surface area contributed by atoms with E-state index in [1.54, 1.807) is 0 Å². The maximum atomic E-state index is 13.8. The summed E-state index contributed by atoms with van der Waals surface area (Å²) in [5, 5.41) is 10.2. The van der Waals surface area contributed by atoms with E-state index in [9.17, 15) is 19.5 Å². The molecular formula is C41H52O5S4. The van der Waals surface area contributed by atoms with Crippen LogP contribution >= 0.6 is 44.5 Å². The summed E-state index contributed by atoms with van der Waals surface area (Å²) in [6.07, 6.45) is 11.0. The zero-order chi connectivity index (χ0) is 36.6. The Balaban J connectivity index is 1.99. The molecule has 0 atom stereocenters. The molecule has 5 nitrogen and oxygen atoms in total. The molecule has 5 rings (SSSR count). The number of carboxylic acid groups (broad SMARTS) is 1. The number of carbonyl (C=O) groups is 3. The van der Waals surface area contributed by atoms with E-state index in [1.165, 1.54) is 36.4 Å². The van der Waals surface area contributed by atoms with E-state index in [-0.39, 0.29) is 15.7 Å². The molecule has 1 N–H and O–H groups in total. The summed E-state index contributed by atoms with van der Waals surface area (Å²) in [6, 6.07) is 13.9. The molecule has 3 aromatic heterocycles. The van der Waals surface area contributed by atoms with Gasteiger partial charge in [0, 0.05) is 50.9 Å². The van der Waals surface area contributed by atoms with Gasteiger partial charge in [0.2, 0.25) is 0 Å². The molecule has 0 saturated heterocycles. The number of Topliss-reactive ketones (excluding diaryl/α,β-unsaturated/α-hetero) is 1. The maximum absolute atomic E-state index is 13.8. The van der Waals surface area contributed by atoms with Gasteiger partial charge in [0.05, 0.1) is 7.11 Å². The number of aliphatic carboxylic acids is 1. The number of carboxylic acids is 1. The highest BCUT2D eigenvalue weighted by molar-refractivity contribution is 8.24. The maximum Gasteiger partial charge on any atom is 0.378 e. The Labute approximate surface area is 312 Å². The third kappa shape index (κ3) is 5.52. The fourth-order valence-corrected chi connectivity index (χ4v) is 17.2. The van der Waals surface area contributed by atoms with Crippen molar-refractivity contribution >= 4 is 67.1 Å². The third-order valence-corrected chi connectivity index (χ3v) is 19.4. The van der Waals surface area contributed by atoms with Gasteiger partial charge in [-0.25, -0.2) is 9.59 Å². The number of ketones is 1. The van der Waals surface area contributed by atoms with Gasteiger partial charge in [-0.2, -0.15) is 0 Å². The lowest BCUT2D eigenvalue weighted by atomic mass is 9.77. The summed E-state index contributed by atoms with van der Waals surface area (Å²) in [4.78, 5) is 49.4. The molecule has 2 aliphatic rings. The summed E-state index contributed by atoms with van der Waals surface area (Å²) in [5.74, 6) is -3.69. The SMILES string of the molecule is CCC1(CC)C2=CC=C(S2=C(C(=O)OC)C(=O)C(=O)O)C(CC)(CC)c2ccc(s2)C(CC)(CC)c2ccc(s2)C(CC)(CC)c2ccc1s2. The summed E-state index contributed by atoms with van der Waals surface area (Å²) in [6.45, 7) is 17.9. The molecule has 0 radical (unpaired) electrons. The van der Waals surface area contributed by atoms with Crippen molar-refractivity contribution in [1.29, 1.82) is 0 Å². The van der Waals surface area contributed by atoms with E-state index < -0.39 is 39.0 Å². The van der Waals surface area contributed by atoms with Crippen LogP contribution in [-0.4, -0.2) is 34.8 Å². The molecule has 50 heavy (non-hydrogen) atoms. The predicted molar refractivity (Wildman–Crippen MR) is 214 cm³/mol. The van der Waals surface area contributed by atoms with Gasteiger partial charge < -0.3 is 9.84 Å². The molecule has 2 aliphatic heterocycles. The second kappa shape index (κ2) is 14.8. The third-order valence-electron chi connectivity index (χ3n) is 12.2. The van der Waals surface area contributed by atoms with E-state index in [2.05, 4.69) is 104 Å². The van der Waals surface area contributed by atoms with E-state index in [4.69, 9.17) is 4.74 Å². The Hall–Kier alpha value is -2.59. The van der Waals surface area contributed by atoms with Crippen LogP contribution in [0.5, 0.6) is 0 Å². The van der Waals surface area contributed by atoms with Gasteiger partial charge in [-0.3, -0.25) is 4.79 Å². The lowest BCUT2D eigenvalue weighted by molar-refractivity contribution is -0.146. The number of thiophene rings is 3. The van der Waals surface area contributed by atoms with Crippen LogP contribution in [0.1, 0.15) is 136 Å². The largest absolute Gasteiger partial charge is 0.475 e. The molecular weight excluding hydrogens is 701 g/mol. The monoisotopic (exact) mass is 752 g/mol. The van der Waals surface area contributed by atoms with Gasteiger partial charge in [0.1, 0.15) is 4.86 Å². The zero-order valence-electron chi connectivity index (χ0n) is 31.0. The van der Waals surface area contributed by atoms with Crippen molar-refractivity contribution in [2.45, 2.75) is 128 Å². The number of hydrogen-bond acceptors (Lipinski definition) is 7. The highest BCUT2D eigenvalue weighted by Crippen LogP contribution is 2.62. The second-order valence-corrected chi connectivity index (χ2v) is 18.6. The Bertz CT molecular complexity index is 1760. The summed E-state index contributed by atoms with van der Waals surface area (Å²) >= 11 is 5.67. The van der Waals surface area contributed by atoms with Crippen LogP contribution in [0.4, 0.5) is 0 Å². The first-order chi connectivity index (χ1) is 23.9.